The lowest BCUT2D eigenvalue weighted by molar-refractivity contribution is 0.625. The lowest BCUT2D eigenvalue weighted by Crippen LogP contribution is -2.08. The van der Waals surface area contributed by atoms with Gasteiger partial charge in [-0.25, -0.2) is 9.97 Å². The van der Waals surface area contributed by atoms with Crippen LogP contribution >= 0.6 is 0 Å². The molecule has 1 unspecified atom stereocenters. The van der Waals surface area contributed by atoms with Crippen LogP contribution in [0, 0.1) is 6.92 Å². The van der Waals surface area contributed by atoms with Crippen LogP contribution in [0.2, 0.25) is 0 Å². The summed E-state index contributed by atoms with van der Waals surface area (Å²) in [5.74, 6) is 2.05. The van der Waals surface area contributed by atoms with Crippen molar-refractivity contribution in [2.24, 2.45) is 0 Å². The zero-order valence-corrected chi connectivity index (χ0v) is 19.4. The van der Waals surface area contributed by atoms with E-state index in [4.69, 9.17) is 4.98 Å². The van der Waals surface area contributed by atoms with Crippen molar-refractivity contribution in [2.45, 2.75) is 39.7 Å². The van der Waals surface area contributed by atoms with E-state index >= 15 is 0 Å². The lowest BCUT2D eigenvalue weighted by atomic mass is 9.98. The van der Waals surface area contributed by atoms with Crippen molar-refractivity contribution in [3.63, 3.8) is 0 Å². The molecule has 8 heteroatoms. The van der Waals surface area contributed by atoms with Crippen molar-refractivity contribution in [1.29, 1.82) is 0 Å². The van der Waals surface area contributed by atoms with Crippen molar-refractivity contribution < 1.29 is 0 Å². The highest BCUT2D eigenvalue weighted by molar-refractivity contribution is 5.80. The van der Waals surface area contributed by atoms with Gasteiger partial charge >= 0.3 is 0 Å². The zero-order valence-electron chi connectivity index (χ0n) is 19.4. The second-order valence-corrected chi connectivity index (χ2v) is 8.14. The molecule has 0 amide bonds. The van der Waals surface area contributed by atoms with Gasteiger partial charge in [-0.15, -0.1) is 10.2 Å². The van der Waals surface area contributed by atoms with Crippen molar-refractivity contribution in [2.75, 3.05) is 0 Å². The molecule has 5 aromatic rings. The summed E-state index contributed by atoms with van der Waals surface area (Å²) in [6.07, 6.45) is 2.91. The number of pyridine rings is 1. The molecular formula is C25H29N8+. The summed E-state index contributed by atoms with van der Waals surface area (Å²) in [6, 6.07) is 18.8. The number of rotatable bonds is 6. The van der Waals surface area contributed by atoms with Gasteiger partial charge in [0.2, 0.25) is 5.82 Å². The third-order valence-corrected chi connectivity index (χ3v) is 6.04. The molecule has 0 aliphatic carbocycles. The van der Waals surface area contributed by atoms with Crippen LogP contribution in [0.4, 0.5) is 0 Å². The number of nitrogens with zero attached hydrogens (tertiary/aromatic N) is 6. The summed E-state index contributed by atoms with van der Waals surface area (Å²) in [6.45, 7) is 7.26. The maximum absolute atomic E-state index is 4.96. The first-order chi connectivity index (χ1) is 15.7. The number of quaternary nitrogens is 1. The normalized spacial score (nSPS) is 12.0. The van der Waals surface area contributed by atoms with Crippen LogP contribution in [0.5, 0.6) is 0 Å². The standard InChI is InChI=1S/C25H25N7.H3N/c1-4-16(2)24-27-22-17(3)13-14-26-25(22)32(24)15-18-9-11-19(12-10-18)20-7-5-6-8-21(20)23-28-30-31-29-23;/h5-14,16H,4,15H2,1-3H3,(H,28,29,30,31);1H3/p+1. The molecule has 5 rings (SSSR count). The number of hydrogen-bond donors (Lipinski definition) is 2. The first-order valence-electron chi connectivity index (χ1n) is 10.9. The maximum Gasteiger partial charge on any atom is 0.205 e. The van der Waals surface area contributed by atoms with E-state index in [1.807, 2.05) is 30.5 Å². The van der Waals surface area contributed by atoms with Gasteiger partial charge in [0, 0.05) is 17.7 Å². The number of aromatic amines is 1. The molecule has 8 nitrogen and oxygen atoms in total. The number of fused-ring (bicyclic) bond motifs is 1. The molecule has 0 saturated heterocycles. The molecule has 168 valence electrons. The van der Waals surface area contributed by atoms with Gasteiger partial charge in [0.15, 0.2) is 5.65 Å². The Hall–Kier alpha value is -3.91. The molecule has 5 N–H and O–H groups in total. The Morgan fingerprint density at radius 1 is 1.00 bits per heavy atom. The highest BCUT2D eigenvalue weighted by Gasteiger charge is 2.18. The first kappa shape index (κ1) is 22.3. The average Bonchev–Trinajstić information content (AvgIpc) is 3.49. The Balaban J connectivity index is 0.00000259. The van der Waals surface area contributed by atoms with E-state index in [2.05, 4.69) is 81.3 Å². The maximum atomic E-state index is 4.96. The van der Waals surface area contributed by atoms with Crippen molar-refractivity contribution >= 4 is 11.2 Å². The van der Waals surface area contributed by atoms with Gasteiger partial charge in [0.1, 0.15) is 11.3 Å². The molecule has 0 saturated carbocycles. The highest BCUT2D eigenvalue weighted by atomic mass is 15.5. The predicted molar refractivity (Wildman–Crippen MR) is 131 cm³/mol. The van der Waals surface area contributed by atoms with Gasteiger partial charge in [0.05, 0.1) is 6.54 Å². The van der Waals surface area contributed by atoms with E-state index in [0.717, 1.165) is 52.2 Å². The number of aromatic nitrogens is 7. The molecule has 33 heavy (non-hydrogen) atoms. The summed E-state index contributed by atoms with van der Waals surface area (Å²) < 4.78 is 2.26. The van der Waals surface area contributed by atoms with E-state index in [1.165, 1.54) is 5.56 Å². The summed E-state index contributed by atoms with van der Waals surface area (Å²) in [7, 11) is 0. The minimum Gasteiger partial charge on any atom is -0.369 e. The number of imidazole rings is 1. The van der Waals surface area contributed by atoms with Crippen molar-refractivity contribution in [3.8, 4) is 22.5 Å². The summed E-state index contributed by atoms with van der Waals surface area (Å²) in [4.78, 5) is 9.62. The fraction of sp³-hybridized carbons (Fsp3) is 0.240. The Kier molecular flexibility index (Phi) is 6.28. The van der Waals surface area contributed by atoms with Crippen LogP contribution in [0.15, 0.2) is 60.8 Å². The molecule has 0 fully saturated rings. The molecule has 0 radical (unpaired) electrons. The number of benzene rings is 2. The third kappa shape index (κ3) is 4.12. The van der Waals surface area contributed by atoms with Crippen molar-refractivity contribution in [3.05, 3.63) is 77.7 Å². The minimum absolute atomic E-state index is 0. The monoisotopic (exact) mass is 441 g/mol. The second-order valence-electron chi connectivity index (χ2n) is 8.14. The van der Waals surface area contributed by atoms with Crippen LogP contribution < -0.4 is 6.15 Å². The van der Waals surface area contributed by atoms with Gasteiger partial charge in [-0.2, -0.15) is 5.21 Å². The smallest absolute Gasteiger partial charge is 0.205 e. The molecular weight excluding hydrogens is 412 g/mol. The second kappa shape index (κ2) is 9.30. The number of tetrazole rings is 1. The molecule has 0 aliphatic rings. The Morgan fingerprint density at radius 2 is 1.76 bits per heavy atom. The molecule has 3 aromatic heterocycles. The molecule has 3 heterocycles. The van der Waals surface area contributed by atoms with Crippen LogP contribution in [-0.4, -0.2) is 35.2 Å². The number of hydrogen-bond acceptors (Lipinski definition) is 5. The van der Waals surface area contributed by atoms with Gasteiger partial charge < -0.3 is 10.7 Å². The van der Waals surface area contributed by atoms with E-state index in [-0.39, 0.29) is 6.15 Å². The zero-order chi connectivity index (χ0) is 22.1. The molecule has 2 aromatic carbocycles. The highest BCUT2D eigenvalue weighted by Crippen LogP contribution is 2.30. The Morgan fingerprint density at radius 3 is 2.45 bits per heavy atom. The molecule has 1 atom stereocenters. The summed E-state index contributed by atoms with van der Waals surface area (Å²) in [5, 5.41) is 14.5. The van der Waals surface area contributed by atoms with Crippen molar-refractivity contribution in [1.82, 2.24) is 41.3 Å². The first-order valence-corrected chi connectivity index (χ1v) is 10.9. The van der Waals surface area contributed by atoms with Crippen LogP contribution in [-0.2, 0) is 6.54 Å². The van der Waals surface area contributed by atoms with E-state index in [1.54, 1.807) is 0 Å². The lowest BCUT2D eigenvalue weighted by Gasteiger charge is -2.13. The van der Waals surface area contributed by atoms with Gasteiger partial charge in [-0.1, -0.05) is 62.4 Å². The van der Waals surface area contributed by atoms with Crippen LogP contribution in [0.1, 0.15) is 43.1 Å². The minimum atomic E-state index is 0. The van der Waals surface area contributed by atoms with E-state index < -0.39 is 0 Å². The number of aryl methyl sites for hydroxylation is 1. The largest absolute Gasteiger partial charge is 0.369 e. The average molecular weight is 442 g/mol. The molecule has 0 bridgehead atoms. The molecule has 0 aliphatic heterocycles. The Bertz CT molecular complexity index is 1350. The SMILES string of the molecule is CCC(C)c1nc2c(C)ccnc2n1Cc1ccc(-c2ccccc2-c2nn[nH]n2)cc1.[NH4+]. The summed E-state index contributed by atoms with van der Waals surface area (Å²) in [5.41, 5.74) is 7.45. The third-order valence-electron chi connectivity index (χ3n) is 6.04. The van der Waals surface area contributed by atoms with Crippen LogP contribution in [0.3, 0.4) is 0 Å². The fourth-order valence-corrected chi connectivity index (χ4v) is 4.05. The molecule has 0 spiro atoms. The predicted octanol–water partition coefficient (Wildman–Crippen LogP) is 5.52. The van der Waals surface area contributed by atoms with E-state index in [0.29, 0.717) is 11.7 Å². The van der Waals surface area contributed by atoms with Crippen LogP contribution in [0.25, 0.3) is 33.7 Å². The fourth-order valence-electron chi connectivity index (χ4n) is 4.05. The van der Waals surface area contributed by atoms with Gasteiger partial charge in [-0.3, -0.25) is 0 Å². The Labute approximate surface area is 192 Å². The van der Waals surface area contributed by atoms with Gasteiger partial charge in [0.25, 0.3) is 0 Å². The number of nitrogens with one attached hydrogen (secondary N) is 1. The van der Waals surface area contributed by atoms with Gasteiger partial charge in [-0.05, 0) is 46.9 Å². The number of H-pyrrole nitrogens is 1. The summed E-state index contributed by atoms with van der Waals surface area (Å²) >= 11 is 0. The van der Waals surface area contributed by atoms with E-state index in [9.17, 15) is 0 Å². The topological polar surface area (TPSA) is 122 Å². The quantitative estimate of drug-likeness (QED) is 0.359.